The van der Waals surface area contributed by atoms with Crippen LogP contribution >= 0.6 is 23.2 Å². The van der Waals surface area contributed by atoms with Crippen molar-refractivity contribution in [1.29, 1.82) is 0 Å². The number of pyridine rings is 1. The Morgan fingerprint density at radius 2 is 1.76 bits per heavy atom. The van der Waals surface area contributed by atoms with Gasteiger partial charge in [0.15, 0.2) is 0 Å². The number of halogens is 2. The van der Waals surface area contributed by atoms with Gasteiger partial charge in [0.1, 0.15) is 0 Å². The highest BCUT2D eigenvalue weighted by atomic mass is 35.5. The van der Waals surface area contributed by atoms with Crippen molar-refractivity contribution in [2.75, 3.05) is 5.32 Å². The summed E-state index contributed by atoms with van der Waals surface area (Å²) in [5.74, 6) is -0.209. The quantitative estimate of drug-likeness (QED) is 0.738. The molecule has 1 aromatic heterocycles. The highest BCUT2D eigenvalue weighted by molar-refractivity contribution is 6.35. The lowest BCUT2D eigenvalue weighted by Gasteiger charge is -2.09. The fourth-order valence-electron chi connectivity index (χ4n) is 2.04. The molecule has 104 valence electrons. The lowest BCUT2D eigenvalue weighted by molar-refractivity contribution is 0.102. The first-order valence-electron chi connectivity index (χ1n) is 6.25. The van der Waals surface area contributed by atoms with Crippen molar-refractivity contribution in [1.82, 2.24) is 4.98 Å². The third-order valence-corrected chi connectivity index (χ3v) is 3.63. The van der Waals surface area contributed by atoms with Crippen LogP contribution in [0.3, 0.4) is 0 Å². The maximum absolute atomic E-state index is 12.2. The minimum atomic E-state index is -0.209. The number of anilines is 1. The third kappa shape index (κ3) is 2.84. The van der Waals surface area contributed by atoms with Crippen LogP contribution in [0.2, 0.25) is 10.0 Å². The number of rotatable bonds is 2. The number of hydrogen-bond donors (Lipinski definition) is 1. The molecule has 0 bridgehead atoms. The van der Waals surface area contributed by atoms with Gasteiger partial charge < -0.3 is 5.32 Å². The Bertz CT molecular complexity index is 816. The van der Waals surface area contributed by atoms with Crippen LogP contribution in [0.4, 0.5) is 5.69 Å². The normalized spacial score (nSPS) is 10.6. The molecule has 0 radical (unpaired) electrons. The summed E-state index contributed by atoms with van der Waals surface area (Å²) in [6, 6.07) is 13.9. The van der Waals surface area contributed by atoms with Gasteiger partial charge >= 0.3 is 0 Å². The molecule has 3 rings (SSSR count). The standard InChI is InChI=1S/C16H10Cl2N2O/c17-11-6-4-10(5-7-11)16(21)20-14-8-9-19-15-12(14)2-1-3-13(15)18/h1-9H,(H,19,20,21). The highest BCUT2D eigenvalue weighted by Crippen LogP contribution is 2.27. The molecule has 1 amide bonds. The topological polar surface area (TPSA) is 42.0 Å². The summed E-state index contributed by atoms with van der Waals surface area (Å²) in [7, 11) is 0. The van der Waals surface area contributed by atoms with Gasteiger partial charge in [-0.3, -0.25) is 9.78 Å². The van der Waals surface area contributed by atoms with E-state index >= 15 is 0 Å². The SMILES string of the molecule is O=C(Nc1ccnc2c(Cl)cccc12)c1ccc(Cl)cc1. The Kier molecular flexibility index (Phi) is 3.78. The first-order valence-corrected chi connectivity index (χ1v) is 7.01. The lowest BCUT2D eigenvalue weighted by Crippen LogP contribution is -2.12. The number of hydrogen-bond acceptors (Lipinski definition) is 2. The average Bonchev–Trinajstić information content (AvgIpc) is 2.49. The van der Waals surface area contributed by atoms with Gasteiger partial charge in [0.25, 0.3) is 5.91 Å². The molecular formula is C16H10Cl2N2O. The zero-order valence-electron chi connectivity index (χ0n) is 10.8. The number of amides is 1. The summed E-state index contributed by atoms with van der Waals surface area (Å²) in [5, 5.41) is 4.81. The van der Waals surface area contributed by atoms with Crippen molar-refractivity contribution in [3.8, 4) is 0 Å². The molecule has 0 aliphatic carbocycles. The summed E-state index contributed by atoms with van der Waals surface area (Å²) in [5.41, 5.74) is 1.86. The Labute approximate surface area is 131 Å². The van der Waals surface area contributed by atoms with Gasteiger partial charge in [-0.15, -0.1) is 0 Å². The van der Waals surface area contributed by atoms with Crippen LogP contribution in [0.25, 0.3) is 10.9 Å². The molecule has 1 N–H and O–H groups in total. The molecule has 5 heteroatoms. The summed E-state index contributed by atoms with van der Waals surface area (Å²) in [6.07, 6.45) is 1.62. The van der Waals surface area contributed by atoms with Crippen molar-refractivity contribution in [3.05, 3.63) is 70.3 Å². The van der Waals surface area contributed by atoms with Crippen LogP contribution in [-0.2, 0) is 0 Å². The van der Waals surface area contributed by atoms with E-state index in [2.05, 4.69) is 10.3 Å². The second-order valence-electron chi connectivity index (χ2n) is 4.46. The van der Waals surface area contributed by atoms with E-state index in [-0.39, 0.29) is 5.91 Å². The van der Waals surface area contributed by atoms with Crippen LogP contribution < -0.4 is 5.32 Å². The third-order valence-electron chi connectivity index (χ3n) is 3.08. The van der Waals surface area contributed by atoms with Crippen molar-refractivity contribution in [2.45, 2.75) is 0 Å². The number of nitrogens with one attached hydrogen (secondary N) is 1. The minimum absolute atomic E-state index is 0.209. The summed E-state index contributed by atoms with van der Waals surface area (Å²) in [4.78, 5) is 16.5. The molecule has 1 heterocycles. The van der Waals surface area contributed by atoms with Crippen LogP contribution in [-0.4, -0.2) is 10.9 Å². The summed E-state index contributed by atoms with van der Waals surface area (Å²) < 4.78 is 0. The van der Waals surface area contributed by atoms with E-state index in [4.69, 9.17) is 23.2 Å². The Hall–Kier alpha value is -2.10. The Balaban J connectivity index is 1.96. The van der Waals surface area contributed by atoms with E-state index in [1.165, 1.54) is 0 Å². The smallest absolute Gasteiger partial charge is 0.255 e. The van der Waals surface area contributed by atoms with Crippen molar-refractivity contribution in [2.24, 2.45) is 0 Å². The fourth-order valence-corrected chi connectivity index (χ4v) is 2.39. The second kappa shape index (κ2) is 5.72. The molecular weight excluding hydrogens is 307 g/mol. The van der Waals surface area contributed by atoms with Gasteiger partial charge in [-0.1, -0.05) is 35.3 Å². The van der Waals surface area contributed by atoms with Gasteiger partial charge in [-0.25, -0.2) is 0 Å². The predicted molar refractivity (Wildman–Crippen MR) is 86.2 cm³/mol. The van der Waals surface area contributed by atoms with E-state index in [0.29, 0.717) is 26.8 Å². The van der Waals surface area contributed by atoms with Crippen molar-refractivity contribution < 1.29 is 4.79 Å². The molecule has 0 aliphatic heterocycles. The molecule has 0 fully saturated rings. The number of nitrogens with zero attached hydrogens (tertiary/aromatic N) is 1. The van der Waals surface area contributed by atoms with Gasteiger partial charge in [0, 0.05) is 22.2 Å². The Morgan fingerprint density at radius 3 is 2.52 bits per heavy atom. The lowest BCUT2D eigenvalue weighted by atomic mass is 10.1. The summed E-state index contributed by atoms with van der Waals surface area (Å²) in [6.45, 7) is 0. The van der Waals surface area contributed by atoms with Gasteiger partial charge in [0.05, 0.1) is 16.2 Å². The van der Waals surface area contributed by atoms with Gasteiger partial charge in [-0.2, -0.15) is 0 Å². The first kappa shape index (κ1) is 13.9. The molecule has 0 unspecified atom stereocenters. The van der Waals surface area contributed by atoms with Crippen LogP contribution in [0.5, 0.6) is 0 Å². The highest BCUT2D eigenvalue weighted by Gasteiger charge is 2.09. The average molecular weight is 317 g/mol. The molecule has 3 aromatic rings. The first-order chi connectivity index (χ1) is 10.1. The van der Waals surface area contributed by atoms with Crippen LogP contribution in [0.1, 0.15) is 10.4 Å². The van der Waals surface area contributed by atoms with Crippen molar-refractivity contribution in [3.63, 3.8) is 0 Å². The van der Waals surface area contributed by atoms with E-state index in [0.717, 1.165) is 5.39 Å². The number of carbonyl (C=O) groups excluding carboxylic acids is 1. The molecule has 0 spiro atoms. The maximum Gasteiger partial charge on any atom is 0.255 e. The van der Waals surface area contributed by atoms with Gasteiger partial charge in [-0.05, 0) is 36.4 Å². The van der Waals surface area contributed by atoms with Gasteiger partial charge in [0.2, 0.25) is 0 Å². The second-order valence-corrected chi connectivity index (χ2v) is 5.30. The van der Waals surface area contributed by atoms with E-state index in [9.17, 15) is 4.79 Å². The number of fused-ring (bicyclic) bond motifs is 1. The summed E-state index contributed by atoms with van der Waals surface area (Å²) >= 11 is 11.9. The van der Waals surface area contributed by atoms with E-state index in [1.807, 2.05) is 12.1 Å². The van der Waals surface area contributed by atoms with Crippen LogP contribution in [0.15, 0.2) is 54.7 Å². The number of para-hydroxylation sites is 1. The fraction of sp³-hybridized carbons (Fsp3) is 0. The molecule has 3 nitrogen and oxygen atoms in total. The van der Waals surface area contributed by atoms with E-state index in [1.54, 1.807) is 42.6 Å². The van der Waals surface area contributed by atoms with Crippen LogP contribution in [0, 0.1) is 0 Å². The molecule has 0 aliphatic rings. The maximum atomic E-state index is 12.2. The largest absolute Gasteiger partial charge is 0.321 e. The van der Waals surface area contributed by atoms with Crippen molar-refractivity contribution >= 4 is 45.7 Å². The number of carbonyl (C=O) groups is 1. The Morgan fingerprint density at radius 1 is 1.00 bits per heavy atom. The predicted octanol–water partition coefficient (Wildman–Crippen LogP) is 4.79. The molecule has 0 saturated heterocycles. The molecule has 21 heavy (non-hydrogen) atoms. The van der Waals surface area contributed by atoms with E-state index < -0.39 is 0 Å². The number of benzene rings is 2. The number of aromatic nitrogens is 1. The molecule has 0 atom stereocenters. The monoisotopic (exact) mass is 316 g/mol. The minimum Gasteiger partial charge on any atom is -0.321 e. The molecule has 2 aromatic carbocycles. The zero-order valence-corrected chi connectivity index (χ0v) is 12.3. The zero-order chi connectivity index (χ0) is 14.8. The molecule has 0 saturated carbocycles.